The van der Waals surface area contributed by atoms with Crippen LogP contribution in [0.15, 0.2) is 78.9 Å². The summed E-state index contributed by atoms with van der Waals surface area (Å²) in [4.78, 5) is 23.2. The lowest BCUT2D eigenvalue weighted by Crippen LogP contribution is -2.24. The maximum Gasteiger partial charge on any atom is 0.404 e. The summed E-state index contributed by atoms with van der Waals surface area (Å²) < 4.78 is 0. The Morgan fingerprint density at radius 1 is 0.821 bits per heavy atom. The quantitative estimate of drug-likeness (QED) is 0.606. The monoisotopic (exact) mass is 372 g/mol. The maximum atomic E-state index is 12.5. The van der Waals surface area contributed by atoms with Crippen molar-refractivity contribution >= 4 is 17.7 Å². The van der Waals surface area contributed by atoms with E-state index in [1.807, 2.05) is 78.9 Å². The fourth-order valence-electron chi connectivity index (χ4n) is 3.34. The molecule has 4 rings (SSSR count). The SMILES string of the molecule is O=C(O)NC1CC1c1ccc(NC(=O)c2ccc(-c3ccccc3)cc2)cc1. The van der Waals surface area contributed by atoms with E-state index in [-0.39, 0.29) is 17.9 Å². The zero-order chi connectivity index (χ0) is 19.5. The van der Waals surface area contributed by atoms with Crippen LogP contribution in [0.1, 0.15) is 28.3 Å². The summed E-state index contributed by atoms with van der Waals surface area (Å²) in [5.41, 5.74) is 4.56. The Balaban J connectivity index is 1.38. The zero-order valence-corrected chi connectivity index (χ0v) is 15.1. The lowest BCUT2D eigenvalue weighted by Gasteiger charge is -2.08. The second-order valence-corrected chi connectivity index (χ2v) is 6.92. The molecule has 1 saturated carbocycles. The molecule has 2 amide bonds. The van der Waals surface area contributed by atoms with Crippen LogP contribution in [0.2, 0.25) is 0 Å². The predicted octanol–water partition coefficient (Wildman–Crippen LogP) is 4.73. The predicted molar refractivity (Wildman–Crippen MR) is 109 cm³/mol. The highest BCUT2D eigenvalue weighted by molar-refractivity contribution is 6.04. The summed E-state index contributed by atoms with van der Waals surface area (Å²) in [6, 6.07) is 25.1. The molecule has 0 saturated heterocycles. The van der Waals surface area contributed by atoms with E-state index < -0.39 is 6.09 Å². The molecule has 28 heavy (non-hydrogen) atoms. The van der Waals surface area contributed by atoms with Gasteiger partial charge in [0.1, 0.15) is 0 Å². The number of nitrogens with one attached hydrogen (secondary N) is 2. The average Bonchev–Trinajstić information content (AvgIpc) is 3.47. The fourth-order valence-corrected chi connectivity index (χ4v) is 3.34. The molecular weight excluding hydrogens is 352 g/mol. The van der Waals surface area contributed by atoms with E-state index >= 15 is 0 Å². The third kappa shape index (κ3) is 4.04. The van der Waals surface area contributed by atoms with Crippen LogP contribution < -0.4 is 10.6 Å². The van der Waals surface area contributed by atoms with E-state index in [4.69, 9.17) is 5.11 Å². The van der Waals surface area contributed by atoms with Gasteiger partial charge < -0.3 is 15.7 Å². The second kappa shape index (κ2) is 7.56. The van der Waals surface area contributed by atoms with Crippen LogP contribution >= 0.6 is 0 Å². The highest BCUT2D eigenvalue weighted by Gasteiger charge is 2.39. The molecule has 1 fully saturated rings. The molecule has 0 aliphatic heterocycles. The molecule has 140 valence electrons. The Bertz CT molecular complexity index is 983. The smallest absolute Gasteiger partial charge is 0.404 e. The van der Waals surface area contributed by atoms with Crippen LogP contribution in [0.5, 0.6) is 0 Å². The Hall–Kier alpha value is -3.60. The number of carbonyl (C=O) groups excluding carboxylic acids is 1. The molecule has 0 aromatic heterocycles. The minimum Gasteiger partial charge on any atom is -0.465 e. The van der Waals surface area contributed by atoms with Crippen molar-refractivity contribution < 1.29 is 14.7 Å². The van der Waals surface area contributed by atoms with Gasteiger partial charge in [-0.15, -0.1) is 0 Å². The number of carboxylic acid groups (broad SMARTS) is 1. The molecule has 5 nitrogen and oxygen atoms in total. The molecule has 0 heterocycles. The van der Waals surface area contributed by atoms with Crippen molar-refractivity contribution in [3.63, 3.8) is 0 Å². The first-order valence-electron chi connectivity index (χ1n) is 9.16. The van der Waals surface area contributed by atoms with Gasteiger partial charge in [-0.3, -0.25) is 4.79 Å². The van der Waals surface area contributed by atoms with Crippen molar-refractivity contribution in [3.8, 4) is 11.1 Å². The molecule has 2 unspecified atom stereocenters. The Morgan fingerprint density at radius 3 is 2.11 bits per heavy atom. The number of anilines is 1. The van der Waals surface area contributed by atoms with Crippen molar-refractivity contribution in [2.75, 3.05) is 5.32 Å². The normalized spacial score (nSPS) is 17.6. The summed E-state index contributed by atoms with van der Waals surface area (Å²) >= 11 is 0. The van der Waals surface area contributed by atoms with Crippen molar-refractivity contribution in [1.82, 2.24) is 5.32 Å². The Kier molecular flexibility index (Phi) is 4.81. The molecule has 0 spiro atoms. The molecule has 1 aliphatic rings. The summed E-state index contributed by atoms with van der Waals surface area (Å²) in [6.45, 7) is 0. The van der Waals surface area contributed by atoms with Gasteiger partial charge in [-0.2, -0.15) is 0 Å². The third-order valence-corrected chi connectivity index (χ3v) is 4.95. The van der Waals surface area contributed by atoms with Gasteiger partial charge in [0.15, 0.2) is 0 Å². The van der Waals surface area contributed by atoms with Gasteiger partial charge >= 0.3 is 6.09 Å². The Morgan fingerprint density at radius 2 is 1.46 bits per heavy atom. The van der Waals surface area contributed by atoms with Gasteiger partial charge in [-0.1, -0.05) is 54.6 Å². The molecule has 3 N–H and O–H groups in total. The largest absolute Gasteiger partial charge is 0.465 e. The average molecular weight is 372 g/mol. The molecule has 1 aliphatic carbocycles. The highest BCUT2D eigenvalue weighted by atomic mass is 16.4. The van der Waals surface area contributed by atoms with E-state index in [0.29, 0.717) is 11.3 Å². The fraction of sp³-hybridized carbons (Fsp3) is 0.130. The number of hydrogen-bond donors (Lipinski definition) is 3. The Labute approximate surface area is 163 Å². The lowest BCUT2D eigenvalue weighted by molar-refractivity contribution is 0.102. The number of carbonyl (C=O) groups is 2. The highest BCUT2D eigenvalue weighted by Crippen LogP contribution is 2.41. The first kappa shape index (κ1) is 17.8. The summed E-state index contributed by atoms with van der Waals surface area (Å²) in [5, 5.41) is 14.2. The van der Waals surface area contributed by atoms with E-state index in [9.17, 15) is 9.59 Å². The molecule has 3 aromatic carbocycles. The minimum atomic E-state index is -0.991. The van der Waals surface area contributed by atoms with Crippen LogP contribution in [0.3, 0.4) is 0 Å². The van der Waals surface area contributed by atoms with Crippen LogP contribution in [-0.4, -0.2) is 23.1 Å². The minimum absolute atomic E-state index is 0.0129. The van der Waals surface area contributed by atoms with Gasteiger partial charge in [0, 0.05) is 23.2 Å². The van der Waals surface area contributed by atoms with E-state index in [1.54, 1.807) is 0 Å². The van der Waals surface area contributed by atoms with Crippen LogP contribution in [-0.2, 0) is 0 Å². The third-order valence-electron chi connectivity index (χ3n) is 4.95. The molecule has 2 atom stereocenters. The van der Waals surface area contributed by atoms with Crippen LogP contribution in [0, 0.1) is 0 Å². The van der Waals surface area contributed by atoms with E-state index in [0.717, 1.165) is 23.1 Å². The van der Waals surface area contributed by atoms with E-state index in [1.165, 1.54) is 0 Å². The van der Waals surface area contributed by atoms with Crippen molar-refractivity contribution in [2.45, 2.75) is 18.4 Å². The number of hydrogen-bond acceptors (Lipinski definition) is 2. The van der Waals surface area contributed by atoms with Crippen molar-refractivity contribution in [3.05, 3.63) is 90.0 Å². The van der Waals surface area contributed by atoms with Gasteiger partial charge in [0.05, 0.1) is 0 Å². The molecule has 3 aromatic rings. The van der Waals surface area contributed by atoms with Crippen molar-refractivity contribution in [1.29, 1.82) is 0 Å². The van der Waals surface area contributed by atoms with Crippen LogP contribution in [0.4, 0.5) is 10.5 Å². The topological polar surface area (TPSA) is 78.4 Å². The summed E-state index contributed by atoms with van der Waals surface area (Å²) in [5.74, 6) is 0.0515. The number of rotatable bonds is 5. The molecule has 0 bridgehead atoms. The first-order valence-corrected chi connectivity index (χ1v) is 9.16. The number of amides is 2. The molecular formula is C23H20N2O3. The van der Waals surface area contributed by atoms with Gasteiger partial charge in [-0.25, -0.2) is 4.79 Å². The summed E-state index contributed by atoms with van der Waals surface area (Å²) in [6.07, 6.45) is -0.180. The standard InChI is InChI=1S/C23H20N2O3/c26-22(18-8-6-16(7-9-18)15-4-2-1-3-5-15)24-19-12-10-17(11-13-19)20-14-21(20)25-23(27)28/h1-13,20-21,25H,14H2,(H,24,26)(H,27,28). The number of benzene rings is 3. The zero-order valence-electron chi connectivity index (χ0n) is 15.1. The molecule has 0 radical (unpaired) electrons. The van der Waals surface area contributed by atoms with Crippen LogP contribution in [0.25, 0.3) is 11.1 Å². The van der Waals surface area contributed by atoms with Gasteiger partial charge in [-0.05, 0) is 47.4 Å². The molecule has 5 heteroatoms. The first-order chi connectivity index (χ1) is 13.6. The summed E-state index contributed by atoms with van der Waals surface area (Å²) in [7, 11) is 0. The second-order valence-electron chi connectivity index (χ2n) is 6.92. The van der Waals surface area contributed by atoms with Gasteiger partial charge in [0.25, 0.3) is 5.91 Å². The lowest BCUT2D eigenvalue weighted by atomic mass is 10.0. The van der Waals surface area contributed by atoms with Gasteiger partial charge in [0.2, 0.25) is 0 Å². The van der Waals surface area contributed by atoms with Crippen molar-refractivity contribution in [2.24, 2.45) is 0 Å². The van der Waals surface area contributed by atoms with E-state index in [2.05, 4.69) is 10.6 Å². The maximum absolute atomic E-state index is 12.5.